The summed E-state index contributed by atoms with van der Waals surface area (Å²) < 4.78 is 1.99. The largest absolute Gasteiger partial charge is 0.331 e. The predicted octanol–water partition coefficient (Wildman–Crippen LogP) is 2.14. The molecule has 0 N–H and O–H groups in total. The van der Waals surface area contributed by atoms with Gasteiger partial charge in [-0.2, -0.15) is 0 Å². The number of hydrogen-bond acceptors (Lipinski definition) is 2. The summed E-state index contributed by atoms with van der Waals surface area (Å²) in [7, 11) is 0. The van der Waals surface area contributed by atoms with Crippen LogP contribution in [0.25, 0.3) is 11.4 Å². The van der Waals surface area contributed by atoms with Crippen molar-refractivity contribution in [3.63, 3.8) is 0 Å². The van der Waals surface area contributed by atoms with E-state index in [9.17, 15) is 4.79 Å². The van der Waals surface area contributed by atoms with E-state index in [0.717, 1.165) is 17.7 Å². The van der Waals surface area contributed by atoms with E-state index >= 15 is 0 Å². The van der Waals surface area contributed by atoms with Gasteiger partial charge in [0.1, 0.15) is 12.1 Å². The molecule has 1 heterocycles. The molecule has 1 aromatic heterocycles. The molecule has 15 heavy (non-hydrogen) atoms. The molecule has 0 aliphatic carbocycles. The molecule has 3 nitrogen and oxygen atoms in total. The van der Waals surface area contributed by atoms with E-state index in [4.69, 9.17) is 0 Å². The molecule has 76 valence electrons. The number of hydrogen-bond donors (Lipinski definition) is 0. The van der Waals surface area contributed by atoms with Crippen LogP contribution in [-0.2, 0) is 11.3 Å². The van der Waals surface area contributed by atoms with E-state index in [1.54, 1.807) is 6.20 Å². The Morgan fingerprint density at radius 3 is 2.80 bits per heavy atom. The molecule has 0 unspecified atom stereocenters. The Bertz CT molecular complexity index is 434. The van der Waals surface area contributed by atoms with Gasteiger partial charge < -0.3 is 9.36 Å². The lowest BCUT2D eigenvalue weighted by atomic mass is 10.2. The third kappa shape index (κ3) is 2.13. The topological polar surface area (TPSA) is 34.9 Å². The van der Waals surface area contributed by atoms with Crippen LogP contribution in [0, 0.1) is 0 Å². The van der Waals surface area contributed by atoms with Crippen LogP contribution < -0.4 is 0 Å². The number of carbonyl (C=O) groups is 1. The van der Waals surface area contributed by atoms with Gasteiger partial charge in [0.05, 0.1) is 0 Å². The molecule has 0 saturated carbocycles. The van der Waals surface area contributed by atoms with Gasteiger partial charge in [-0.15, -0.1) is 0 Å². The maximum absolute atomic E-state index is 10.3. The zero-order valence-corrected chi connectivity index (χ0v) is 8.34. The Morgan fingerprint density at radius 1 is 1.27 bits per heavy atom. The Balaban J connectivity index is 2.29. The molecule has 0 aliphatic rings. The van der Waals surface area contributed by atoms with Crippen LogP contribution in [0.3, 0.4) is 0 Å². The van der Waals surface area contributed by atoms with Gasteiger partial charge in [-0.05, 0) is 0 Å². The second-order valence-corrected chi connectivity index (χ2v) is 3.27. The summed E-state index contributed by atoms with van der Waals surface area (Å²) in [6.07, 6.45) is 5.10. The maximum Gasteiger partial charge on any atom is 0.139 e. The van der Waals surface area contributed by atoms with Gasteiger partial charge in [0.15, 0.2) is 0 Å². The van der Waals surface area contributed by atoms with Crippen molar-refractivity contribution in [2.45, 2.75) is 13.0 Å². The number of imidazole rings is 1. The highest BCUT2D eigenvalue weighted by molar-refractivity contribution is 5.55. The van der Waals surface area contributed by atoms with E-state index in [-0.39, 0.29) is 0 Å². The van der Waals surface area contributed by atoms with E-state index < -0.39 is 0 Å². The molecule has 0 amide bonds. The number of aldehydes is 1. The number of benzene rings is 1. The van der Waals surface area contributed by atoms with Crippen LogP contribution in [0.1, 0.15) is 6.42 Å². The van der Waals surface area contributed by atoms with E-state index in [2.05, 4.69) is 4.98 Å². The minimum Gasteiger partial charge on any atom is -0.331 e. The van der Waals surface area contributed by atoms with Gasteiger partial charge in [0, 0.05) is 30.9 Å². The number of aromatic nitrogens is 2. The summed E-state index contributed by atoms with van der Waals surface area (Å²) in [6.45, 7) is 0.688. The van der Waals surface area contributed by atoms with Crippen molar-refractivity contribution in [1.29, 1.82) is 0 Å². The fourth-order valence-corrected chi connectivity index (χ4v) is 1.53. The highest BCUT2D eigenvalue weighted by atomic mass is 16.1. The summed E-state index contributed by atoms with van der Waals surface area (Å²) >= 11 is 0. The molecule has 3 heteroatoms. The molecule has 0 aliphatic heterocycles. The highest BCUT2D eigenvalue weighted by Crippen LogP contribution is 2.16. The molecule has 0 spiro atoms. The first kappa shape index (κ1) is 9.65. The van der Waals surface area contributed by atoms with Gasteiger partial charge in [0.25, 0.3) is 0 Å². The molecule has 0 fully saturated rings. The monoisotopic (exact) mass is 200 g/mol. The Hall–Kier alpha value is -1.90. The van der Waals surface area contributed by atoms with Crippen molar-refractivity contribution in [2.24, 2.45) is 0 Å². The highest BCUT2D eigenvalue weighted by Gasteiger charge is 2.03. The zero-order chi connectivity index (χ0) is 10.5. The fourth-order valence-electron chi connectivity index (χ4n) is 1.53. The molecule has 2 aromatic rings. The second-order valence-electron chi connectivity index (χ2n) is 3.27. The number of rotatable bonds is 4. The maximum atomic E-state index is 10.3. The normalized spacial score (nSPS) is 10.1. The van der Waals surface area contributed by atoms with Crippen LogP contribution >= 0.6 is 0 Å². The van der Waals surface area contributed by atoms with Crippen LogP contribution in [0.5, 0.6) is 0 Å². The average Bonchev–Trinajstić information content (AvgIpc) is 2.75. The lowest BCUT2D eigenvalue weighted by molar-refractivity contribution is -0.108. The predicted molar refractivity (Wildman–Crippen MR) is 58.3 cm³/mol. The second kappa shape index (κ2) is 4.55. The third-order valence-electron chi connectivity index (χ3n) is 2.24. The van der Waals surface area contributed by atoms with Crippen molar-refractivity contribution in [3.8, 4) is 11.4 Å². The van der Waals surface area contributed by atoms with Crippen molar-refractivity contribution in [2.75, 3.05) is 0 Å². The molecule has 2 rings (SSSR count). The Kier molecular flexibility index (Phi) is 2.93. The fraction of sp³-hybridized carbons (Fsp3) is 0.167. The van der Waals surface area contributed by atoms with Crippen molar-refractivity contribution in [1.82, 2.24) is 9.55 Å². The third-order valence-corrected chi connectivity index (χ3v) is 2.24. The van der Waals surface area contributed by atoms with Crippen LogP contribution in [0.4, 0.5) is 0 Å². The Morgan fingerprint density at radius 2 is 2.07 bits per heavy atom. The number of carbonyl (C=O) groups excluding carboxylic acids is 1. The van der Waals surface area contributed by atoms with Gasteiger partial charge in [-0.25, -0.2) is 4.98 Å². The van der Waals surface area contributed by atoms with Crippen LogP contribution in [0.15, 0.2) is 42.7 Å². The first-order chi connectivity index (χ1) is 7.42. The standard InChI is InChI=1S/C12H12N2O/c15-10-4-8-14-9-7-13-12(14)11-5-2-1-3-6-11/h1-3,5-7,9-10H,4,8H2. The molecule has 0 radical (unpaired) electrons. The summed E-state index contributed by atoms with van der Waals surface area (Å²) in [4.78, 5) is 14.6. The molecule has 1 aromatic carbocycles. The molecular weight excluding hydrogens is 188 g/mol. The van der Waals surface area contributed by atoms with Crippen molar-refractivity contribution >= 4 is 6.29 Å². The van der Waals surface area contributed by atoms with Crippen LogP contribution in [0.2, 0.25) is 0 Å². The minimum atomic E-state index is 0.524. The van der Waals surface area contributed by atoms with Gasteiger partial charge in [-0.1, -0.05) is 30.3 Å². The molecule has 0 saturated heterocycles. The summed E-state index contributed by atoms with van der Waals surface area (Å²) in [5, 5.41) is 0. The minimum absolute atomic E-state index is 0.524. The summed E-state index contributed by atoms with van der Waals surface area (Å²) in [6, 6.07) is 9.96. The first-order valence-electron chi connectivity index (χ1n) is 4.92. The Labute approximate surface area is 88.4 Å². The van der Waals surface area contributed by atoms with Gasteiger partial charge in [-0.3, -0.25) is 0 Å². The lowest BCUT2D eigenvalue weighted by Crippen LogP contribution is -1.99. The van der Waals surface area contributed by atoms with E-state index in [1.807, 2.05) is 41.1 Å². The lowest BCUT2D eigenvalue weighted by Gasteiger charge is -2.05. The summed E-state index contributed by atoms with van der Waals surface area (Å²) in [5.74, 6) is 0.914. The van der Waals surface area contributed by atoms with E-state index in [1.165, 1.54) is 0 Å². The quantitative estimate of drug-likeness (QED) is 0.709. The van der Waals surface area contributed by atoms with Crippen molar-refractivity contribution in [3.05, 3.63) is 42.7 Å². The van der Waals surface area contributed by atoms with Crippen molar-refractivity contribution < 1.29 is 4.79 Å². The molecular formula is C12H12N2O. The number of nitrogens with zero attached hydrogens (tertiary/aromatic N) is 2. The van der Waals surface area contributed by atoms with Gasteiger partial charge in [0.2, 0.25) is 0 Å². The molecule has 0 bridgehead atoms. The summed E-state index contributed by atoms with van der Waals surface area (Å²) in [5.41, 5.74) is 1.08. The van der Waals surface area contributed by atoms with Crippen LogP contribution in [-0.4, -0.2) is 15.8 Å². The van der Waals surface area contributed by atoms with E-state index in [0.29, 0.717) is 13.0 Å². The van der Waals surface area contributed by atoms with Gasteiger partial charge >= 0.3 is 0 Å². The number of aryl methyl sites for hydroxylation is 1. The zero-order valence-electron chi connectivity index (χ0n) is 8.34. The molecule has 0 atom stereocenters. The smallest absolute Gasteiger partial charge is 0.139 e. The average molecular weight is 200 g/mol. The first-order valence-corrected chi connectivity index (χ1v) is 4.92. The SMILES string of the molecule is O=CCCn1ccnc1-c1ccccc1.